The molecule has 1 unspecified atom stereocenters. The Balaban J connectivity index is 2.43. The lowest BCUT2D eigenvalue weighted by Crippen LogP contribution is -2.00. The highest BCUT2D eigenvalue weighted by Crippen LogP contribution is 2.32. The zero-order chi connectivity index (χ0) is 12.6. The molecule has 0 aliphatic heterocycles. The van der Waals surface area contributed by atoms with Crippen molar-refractivity contribution >= 4 is 23.2 Å². The van der Waals surface area contributed by atoms with Gasteiger partial charge in [-0.2, -0.15) is 0 Å². The molecule has 0 bridgehead atoms. The Morgan fingerprint density at radius 2 is 1.76 bits per heavy atom. The number of rotatable bonds is 2. The standard InChI is InChI=1S/C13H12Cl2O2/c1-7-5-9(10(14)6-8(7)2)13(16)11-3-4-12(15)17-11/h3-6,13,16H,1-2H3. The van der Waals surface area contributed by atoms with Crippen LogP contribution in [0.2, 0.25) is 10.2 Å². The first kappa shape index (κ1) is 12.5. The molecule has 0 radical (unpaired) electrons. The summed E-state index contributed by atoms with van der Waals surface area (Å²) >= 11 is 11.8. The molecule has 0 spiro atoms. The van der Waals surface area contributed by atoms with Crippen LogP contribution in [0.5, 0.6) is 0 Å². The molecule has 0 saturated carbocycles. The topological polar surface area (TPSA) is 33.4 Å². The van der Waals surface area contributed by atoms with Crippen molar-refractivity contribution in [2.75, 3.05) is 0 Å². The van der Waals surface area contributed by atoms with E-state index in [1.54, 1.807) is 12.1 Å². The fraction of sp³-hybridized carbons (Fsp3) is 0.231. The smallest absolute Gasteiger partial charge is 0.193 e. The molecule has 2 nitrogen and oxygen atoms in total. The van der Waals surface area contributed by atoms with E-state index in [4.69, 9.17) is 27.6 Å². The zero-order valence-corrected chi connectivity index (χ0v) is 11.0. The molecular formula is C13H12Cl2O2. The molecule has 90 valence electrons. The quantitative estimate of drug-likeness (QED) is 0.884. The van der Waals surface area contributed by atoms with Crippen molar-refractivity contribution in [2.45, 2.75) is 20.0 Å². The summed E-state index contributed by atoms with van der Waals surface area (Å²) < 4.78 is 5.18. The van der Waals surface area contributed by atoms with Crippen LogP contribution < -0.4 is 0 Å². The first-order chi connectivity index (χ1) is 7.99. The largest absolute Gasteiger partial charge is 0.447 e. The van der Waals surface area contributed by atoms with Gasteiger partial charge in [0, 0.05) is 10.6 Å². The van der Waals surface area contributed by atoms with E-state index >= 15 is 0 Å². The van der Waals surface area contributed by atoms with E-state index < -0.39 is 6.10 Å². The Hall–Kier alpha value is -0.960. The van der Waals surface area contributed by atoms with Gasteiger partial charge in [0.05, 0.1) is 0 Å². The summed E-state index contributed by atoms with van der Waals surface area (Å²) in [5.41, 5.74) is 2.78. The van der Waals surface area contributed by atoms with E-state index in [1.807, 2.05) is 26.0 Å². The molecule has 0 aliphatic rings. The van der Waals surface area contributed by atoms with Crippen molar-refractivity contribution in [1.29, 1.82) is 0 Å². The maximum absolute atomic E-state index is 10.2. The predicted octanol–water partition coefficient (Wildman–Crippen LogP) is 4.28. The van der Waals surface area contributed by atoms with Gasteiger partial charge in [0.1, 0.15) is 11.9 Å². The molecule has 0 amide bonds. The minimum absolute atomic E-state index is 0.249. The maximum atomic E-state index is 10.2. The van der Waals surface area contributed by atoms with Crippen LogP contribution in [0.3, 0.4) is 0 Å². The number of halogens is 2. The Morgan fingerprint density at radius 3 is 2.35 bits per heavy atom. The van der Waals surface area contributed by atoms with Gasteiger partial charge in [-0.05, 0) is 54.8 Å². The molecule has 17 heavy (non-hydrogen) atoms. The van der Waals surface area contributed by atoms with Crippen LogP contribution in [0.4, 0.5) is 0 Å². The van der Waals surface area contributed by atoms with Crippen LogP contribution in [0.25, 0.3) is 0 Å². The van der Waals surface area contributed by atoms with Crippen LogP contribution in [0.1, 0.15) is 28.6 Å². The minimum atomic E-state index is -0.894. The van der Waals surface area contributed by atoms with Crippen LogP contribution in [0.15, 0.2) is 28.7 Å². The van der Waals surface area contributed by atoms with Gasteiger partial charge in [0.2, 0.25) is 0 Å². The van der Waals surface area contributed by atoms with Crippen molar-refractivity contribution in [3.8, 4) is 0 Å². The lowest BCUT2D eigenvalue weighted by molar-refractivity contribution is 0.189. The average Bonchev–Trinajstić information content (AvgIpc) is 2.69. The van der Waals surface area contributed by atoms with Crippen LogP contribution >= 0.6 is 23.2 Å². The Bertz CT molecular complexity index is 546. The first-order valence-corrected chi connectivity index (χ1v) is 5.94. The van der Waals surface area contributed by atoms with Gasteiger partial charge in [-0.1, -0.05) is 17.7 Å². The Labute approximate surface area is 110 Å². The van der Waals surface area contributed by atoms with Gasteiger partial charge >= 0.3 is 0 Å². The number of aliphatic hydroxyl groups excluding tert-OH is 1. The second-order valence-corrected chi connectivity index (χ2v) is 4.78. The fourth-order valence-electron chi connectivity index (χ4n) is 1.64. The monoisotopic (exact) mass is 270 g/mol. The molecular weight excluding hydrogens is 259 g/mol. The average molecular weight is 271 g/mol. The lowest BCUT2D eigenvalue weighted by atomic mass is 10.0. The minimum Gasteiger partial charge on any atom is -0.447 e. The molecule has 1 N–H and O–H groups in total. The third kappa shape index (κ3) is 2.49. The summed E-state index contributed by atoms with van der Waals surface area (Å²) in [6.07, 6.45) is -0.894. The van der Waals surface area contributed by atoms with Gasteiger partial charge in [-0.25, -0.2) is 0 Å². The summed E-state index contributed by atoms with van der Waals surface area (Å²) in [5, 5.41) is 10.9. The molecule has 0 fully saturated rings. The van der Waals surface area contributed by atoms with Crippen molar-refractivity contribution in [1.82, 2.24) is 0 Å². The molecule has 1 aromatic heterocycles. The van der Waals surface area contributed by atoms with Crippen molar-refractivity contribution in [2.24, 2.45) is 0 Å². The molecule has 1 heterocycles. The SMILES string of the molecule is Cc1cc(Cl)c(C(O)c2ccc(Cl)o2)cc1C. The number of aliphatic hydroxyl groups is 1. The highest BCUT2D eigenvalue weighted by atomic mass is 35.5. The van der Waals surface area contributed by atoms with Gasteiger partial charge in [-0.3, -0.25) is 0 Å². The summed E-state index contributed by atoms with van der Waals surface area (Å²) in [5.74, 6) is 0.389. The van der Waals surface area contributed by atoms with Crippen molar-refractivity contribution in [3.05, 3.63) is 57.0 Å². The molecule has 0 aliphatic carbocycles. The molecule has 1 aromatic carbocycles. The van der Waals surface area contributed by atoms with Gasteiger partial charge in [0.15, 0.2) is 5.22 Å². The van der Waals surface area contributed by atoms with Crippen molar-refractivity contribution < 1.29 is 9.52 Å². The lowest BCUT2D eigenvalue weighted by Gasteiger charge is -2.12. The van der Waals surface area contributed by atoms with E-state index in [9.17, 15) is 5.11 Å². The van der Waals surface area contributed by atoms with E-state index in [0.717, 1.165) is 11.1 Å². The second kappa shape index (κ2) is 4.73. The number of hydrogen-bond acceptors (Lipinski definition) is 2. The number of furan rings is 1. The van der Waals surface area contributed by atoms with Crippen LogP contribution in [0, 0.1) is 13.8 Å². The third-order valence-corrected chi connectivity index (χ3v) is 3.30. The van der Waals surface area contributed by atoms with E-state index in [0.29, 0.717) is 16.3 Å². The van der Waals surface area contributed by atoms with E-state index in [2.05, 4.69) is 0 Å². The highest BCUT2D eigenvalue weighted by molar-refractivity contribution is 6.31. The molecule has 2 rings (SSSR count). The van der Waals surface area contributed by atoms with Gasteiger partial charge < -0.3 is 9.52 Å². The Morgan fingerprint density at radius 1 is 1.12 bits per heavy atom. The summed E-state index contributed by atoms with van der Waals surface area (Å²) in [6, 6.07) is 6.92. The number of aryl methyl sites for hydroxylation is 2. The maximum Gasteiger partial charge on any atom is 0.193 e. The number of hydrogen-bond donors (Lipinski definition) is 1. The van der Waals surface area contributed by atoms with Crippen LogP contribution in [-0.4, -0.2) is 5.11 Å². The molecule has 2 aromatic rings. The zero-order valence-electron chi connectivity index (χ0n) is 9.50. The van der Waals surface area contributed by atoms with Gasteiger partial charge in [0.25, 0.3) is 0 Å². The van der Waals surface area contributed by atoms with E-state index in [1.165, 1.54) is 0 Å². The molecule has 4 heteroatoms. The Kier molecular flexibility index (Phi) is 3.48. The summed E-state index contributed by atoms with van der Waals surface area (Å²) in [7, 11) is 0. The first-order valence-electron chi connectivity index (χ1n) is 5.19. The predicted molar refractivity (Wildman–Crippen MR) is 68.7 cm³/mol. The summed E-state index contributed by atoms with van der Waals surface area (Å²) in [6.45, 7) is 3.94. The highest BCUT2D eigenvalue weighted by Gasteiger charge is 2.18. The van der Waals surface area contributed by atoms with E-state index in [-0.39, 0.29) is 5.22 Å². The fourth-order valence-corrected chi connectivity index (χ4v) is 2.11. The third-order valence-electron chi connectivity index (χ3n) is 2.77. The van der Waals surface area contributed by atoms with Gasteiger partial charge in [-0.15, -0.1) is 0 Å². The molecule has 1 atom stereocenters. The second-order valence-electron chi connectivity index (χ2n) is 4.00. The number of benzene rings is 1. The van der Waals surface area contributed by atoms with Crippen molar-refractivity contribution in [3.63, 3.8) is 0 Å². The van der Waals surface area contributed by atoms with Crippen LogP contribution in [-0.2, 0) is 0 Å². The molecule has 0 saturated heterocycles. The normalized spacial score (nSPS) is 12.8. The summed E-state index contributed by atoms with van der Waals surface area (Å²) in [4.78, 5) is 0.